The molecule has 20 heavy (non-hydrogen) atoms. The maximum Gasteiger partial charge on any atom is 0.254 e. The second-order valence-electron chi connectivity index (χ2n) is 4.69. The van der Waals surface area contributed by atoms with E-state index in [1.807, 2.05) is 13.8 Å². The molecule has 1 aromatic carbocycles. The smallest absolute Gasteiger partial charge is 0.254 e. The van der Waals surface area contributed by atoms with Crippen LogP contribution in [0.1, 0.15) is 29.8 Å². The molecule has 0 bridgehead atoms. The normalized spacial score (nSPS) is 10.2. The van der Waals surface area contributed by atoms with Crippen molar-refractivity contribution < 1.29 is 14.0 Å². The molecule has 0 aliphatic rings. The molecular weight excluding hydrogens is 259 g/mol. The molecule has 4 nitrogen and oxygen atoms in total. The van der Waals surface area contributed by atoms with Crippen LogP contribution in [-0.4, -0.2) is 48.3 Å². The van der Waals surface area contributed by atoms with Crippen LogP contribution >= 0.6 is 0 Å². The Morgan fingerprint density at radius 1 is 1.20 bits per heavy atom. The summed E-state index contributed by atoms with van der Waals surface area (Å²) in [6.07, 6.45) is 0. The number of rotatable bonds is 5. The van der Waals surface area contributed by atoms with E-state index in [1.54, 1.807) is 31.0 Å². The standard InChI is InChI=1S/C15H21FN2O2/c1-5-18(6-2)14(19)10-17(4)15(20)12-8-7-11(3)13(16)9-12/h7-9H,5-6,10H2,1-4H3. The Bertz CT molecular complexity index is 499. The molecule has 1 aromatic rings. The van der Waals surface area contributed by atoms with Crippen molar-refractivity contribution in [2.45, 2.75) is 20.8 Å². The van der Waals surface area contributed by atoms with Gasteiger partial charge in [-0.15, -0.1) is 0 Å². The second kappa shape index (κ2) is 7.03. The predicted octanol–water partition coefficient (Wildman–Crippen LogP) is 2.07. The Hall–Kier alpha value is -1.91. The number of benzene rings is 1. The van der Waals surface area contributed by atoms with Crippen LogP contribution in [0.3, 0.4) is 0 Å². The fraction of sp³-hybridized carbons (Fsp3) is 0.467. The van der Waals surface area contributed by atoms with E-state index in [2.05, 4.69) is 0 Å². The largest absolute Gasteiger partial charge is 0.342 e. The van der Waals surface area contributed by atoms with Crippen molar-refractivity contribution in [3.63, 3.8) is 0 Å². The molecule has 0 N–H and O–H groups in total. The number of amides is 2. The highest BCUT2D eigenvalue weighted by atomic mass is 19.1. The van der Waals surface area contributed by atoms with Crippen molar-refractivity contribution >= 4 is 11.8 Å². The van der Waals surface area contributed by atoms with E-state index in [-0.39, 0.29) is 23.9 Å². The molecule has 1 rings (SSSR count). The molecule has 5 heteroatoms. The van der Waals surface area contributed by atoms with Gasteiger partial charge in [0.2, 0.25) is 5.91 Å². The third kappa shape index (κ3) is 3.79. The number of aryl methyl sites for hydroxylation is 1. The van der Waals surface area contributed by atoms with Gasteiger partial charge in [-0.2, -0.15) is 0 Å². The van der Waals surface area contributed by atoms with Gasteiger partial charge in [-0.25, -0.2) is 4.39 Å². The summed E-state index contributed by atoms with van der Waals surface area (Å²) in [7, 11) is 1.54. The Balaban J connectivity index is 2.76. The zero-order valence-corrected chi connectivity index (χ0v) is 12.4. The first kappa shape index (κ1) is 16.1. The van der Waals surface area contributed by atoms with E-state index < -0.39 is 5.82 Å². The number of likely N-dealkylation sites (N-methyl/N-ethyl adjacent to an activating group) is 2. The average Bonchev–Trinajstić information content (AvgIpc) is 2.42. The van der Waals surface area contributed by atoms with Gasteiger partial charge >= 0.3 is 0 Å². The molecule has 0 saturated carbocycles. The molecule has 110 valence electrons. The van der Waals surface area contributed by atoms with Crippen LogP contribution < -0.4 is 0 Å². The highest BCUT2D eigenvalue weighted by Crippen LogP contribution is 2.11. The van der Waals surface area contributed by atoms with E-state index in [1.165, 1.54) is 11.0 Å². The molecule has 0 spiro atoms. The highest BCUT2D eigenvalue weighted by Gasteiger charge is 2.18. The number of halogens is 1. The third-order valence-electron chi connectivity index (χ3n) is 3.25. The predicted molar refractivity (Wildman–Crippen MR) is 76.0 cm³/mol. The molecule has 0 radical (unpaired) electrons. The van der Waals surface area contributed by atoms with Gasteiger partial charge in [-0.1, -0.05) is 6.07 Å². The van der Waals surface area contributed by atoms with Crippen LogP contribution in [0, 0.1) is 12.7 Å². The van der Waals surface area contributed by atoms with Gasteiger partial charge in [0.05, 0.1) is 6.54 Å². The molecular formula is C15H21FN2O2. The molecule has 0 saturated heterocycles. The minimum Gasteiger partial charge on any atom is -0.342 e. The Kier molecular flexibility index (Phi) is 5.67. The molecule has 0 fully saturated rings. The summed E-state index contributed by atoms with van der Waals surface area (Å²) in [6.45, 7) is 6.62. The number of carbonyl (C=O) groups is 2. The summed E-state index contributed by atoms with van der Waals surface area (Å²) in [5.74, 6) is -0.887. The number of carbonyl (C=O) groups excluding carboxylic acids is 2. The van der Waals surface area contributed by atoms with Gasteiger partial charge in [-0.05, 0) is 38.5 Å². The quantitative estimate of drug-likeness (QED) is 0.828. The Morgan fingerprint density at radius 2 is 1.80 bits per heavy atom. The van der Waals surface area contributed by atoms with Gasteiger partial charge in [-0.3, -0.25) is 9.59 Å². The van der Waals surface area contributed by atoms with Crippen LogP contribution in [0.25, 0.3) is 0 Å². The molecule has 2 amide bonds. The van der Waals surface area contributed by atoms with Crippen molar-refractivity contribution in [3.8, 4) is 0 Å². The van der Waals surface area contributed by atoms with E-state index in [0.717, 1.165) is 0 Å². The lowest BCUT2D eigenvalue weighted by molar-refractivity contribution is -0.131. The zero-order chi connectivity index (χ0) is 15.3. The highest BCUT2D eigenvalue weighted by molar-refractivity contribution is 5.96. The third-order valence-corrected chi connectivity index (χ3v) is 3.25. The second-order valence-corrected chi connectivity index (χ2v) is 4.69. The lowest BCUT2D eigenvalue weighted by Gasteiger charge is -2.23. The summed E-state index contributed by atoms with van der Waals surface area (Å²) in [6, 6.07) is 4.33. The van der Waals surface area contributed by atoms with Gasteiger partial charge in [0.1, 0.15) is 5.82 Å². The maximum absolute atomic E-state index is 13.5. The summed E-state index contributed by atoms with van der Waals surface area (Å²) in [5.41, 5.74) is 0.742. The first-order valence-corrected chi connectivity index (χ1v) is 6.70. The summed E-state index contributed by atoms with van der Waals surface area (Å²) in [4.78, 5) is 27.0. The Morgan fingerprint density at radius 3 is 2.30 bits per heavy atom. The maximum atomic E-state index is 13.5. The molecule has 0 aromatic heterocycles. The van der Waals surface area contributed by atoms with Gasteiger partial charge in [0.25, 0.3) is 5.91 Å². The van der Waals surface area contributed by atoms with Crippen molar-refractivity contribution in [1.29, 1.82) is 0 Å². The lowest BCUT2D eigenvalue weighted by atomic mass is 10.1. The molecule has 0 heterocycles. The SMILES string of the molecule is CCN(CC)C(=O)CN(C)C(=O)c1ccc(C)c(F)c1. The van der Waals surface area contributed by atoms with E-state index in [9.17, 15) is 14.0 Å². The minimum absolute atomic E-state index is 0.00396. The van der Waals surface area contributed by atoms with E-state index >= 15 is 0 Å². The van der Waals surface area contributed by atoms with Crippen LogP contribution in [0.15, 0.2) is 18.2 Å². The van der Waals surface area contributed by atoms with E-state index in [4.69, 9.17) is 0 Å². The van der Waals surface area contributed by atoms with Crippen LogP contribution in [0.2, 0.25) is 0 Å². The monoisotopic (exact) mass is 280 g/mol. The van der Waals surface area contributed by atoms with Crippen molar-refractivity contribution in [2.24, 2.45) is 0 Å². The van der Waals surface area contributed by atoms with Gasteiger partial charge in [0.15, 0.2) is 0 Å². The van der Waals surface area contributed by atoms with Gasteiger partial charge in [0, 0.05) is 25.7 Å². The summed E-state index contributed by atoms with van der Waals surface area (Å²) >= 11 is 0. The molecule has 0 atom stereocenters. The average molecular weight is 280 g/mol. The molecule has 0 unspecified atom stereocenters. The number of hydrogen-bond acceptors (Lipinski definition) is 2. The van der Waals surface area contributed by atoms with Crippen molar-refractivity contribution in [2.75, 3.05) is 26.7 Å². The van der Waals surface area contributed by atoms with Crippen LogP contribution in [0.4, 0.5) is 4.39 Å². The van der Waals surface area contributed by atoms with Crippen LogP contribution in [-0.2, 0) is 4.79 Å². The van der Waals surface area contributed by atoms with Crippen molar-refractivity contribution in [1.82, 2.24) is 9.80 Å². The molecule has 0 aliphatic carbocycles. The topological polar surface area (TPSA) is 40.6 Å². The fourth-order valence-electron chi connectivity index (χ4n) is 1.90. The fourth-order valence-corrected chi connectivity index (χ4v) is 1.90. The lowest BCUT2D eigenvalue weighted by Crippen LogP contribution is -2.41. The number of nitrogens with zero attached hydrogens (tertiary/aromatic N) is 2. The first-order chi connectivity index (χ1) is 9.40. The van der Waals surface area contributed by atoms with Gasteiger partial charge < -0.3 is 9.80 Å². The summed E-state index contributed by atoms with van der Waals surface area (Å²) in [5, 5.41) is 0. The van der Waals surface area contributed by atoms with E-state index in [0.29, 0.717) is 18.7 Å². The molecule has 0 aliphatic heterocycles. The van der Waals surface area contributed by atoms with Crippen molar-refractivity contribution in [3.05, 3.63) is 35.1 Å². The van der Waals surface area contributed by atoms with Crippen LogP contribution in [0.5, 0.6) is 0 Å². The number of hydrogen-bond donors (Lipinski definition) is 0. The zero-order valence-electron chi connectivity index (χ0n) is 12.4. The first-order valence-electron chi connectivity index (χ1n) is 6.70. The Labute approximate surface area is 119 Å². The minimum atomic E-state index is -0.417. The summed E-state index contributed by atoms with van der Waals surface area (Å²) < 4.78 is 13.5.